The summed E-state index contributed by atoms with van der Waals surface area (Å²) in [7, 11) is -4.38. The molecule has 0 aliphatic carbocycles. The molecule has 0 fully saturated rings. The van der Waals surface area contributed by atoms with Gasteiger partial charge in [-0.25, -0.2) is 4.57 Å². The van der Waals surface area contributed by atoms with E-state index in [1.54, 1.807) is 0 Å². The second-order valence-corrected chi connectivity index (χ2v) is 19.5. The van der Waals surface area contributed by atoms with Crippen molar-refractivity contribution in [1.29, 1.82) is 0 Å². The zero-order chi connectivity index (χ0) is 48.8. The summed E-state index contributed by atoms with van der Waals surface area (Å²) < 4.78 is 32.8. The van der Waals surface area contributed by atoms with Gasteiger partial charge in [0, 0.05) is 19.4 Å². The molecule has 67 heavy (non-hydrogen) atoms. The SMILES string of the molecule is CC/C=C\C/C=C\C/C=C\C/C=C\C/C=C\C/C=C\CCCCCCCCCCCCCCCCCCCCC(=O)OC(COC(=O)CCCCCCCCCCC)COP(=O)(O)OCCN. The minimum absolute atomic E-state index is 0.0537. The Balaban J connectivity index is 3.79. The summed E-state index contributed by atoms with van der Waals surface area (Å²) in [5.41, 5.74) is 5.36. The van der Waals surface area contributed by atoms with E-state index < -0.39 is 26.5 Å². The van der Waals surface area contributed by atoms with E-state index in [-0.39, 0.29) is 38.6 Å². The van der Waals surface area contributed by atoms with E-state index in [1.165, 1.54) is 135 Å². The number of phosphoric ester groups is 1. The maximum Gasteiger partial charge on any atom is 0.472 e. The summed E-state index contributed by atoms with van der Waals surface area (Å²) in [6, 6.07) is 0. The monoisotopic (exact) mass is 960 g/mol. The van der Waals surface area contributed by atoms with Crippen LogP contribution in [-0.2, 0) is 32.7 Å². The Morgan fingerprint density at radius 2 is 0.821 bits per heavy atom. The number of ether oxygens (including phenoxy) is 2. The molecule has 0 aromatic heterocycles. The molecule has 10 heteroatoms. The molecular weight excluding hydrogens is 858 g/mol. The smallest absolute Gasteiger partial charge is 0.462 e. The Labute approximate surface area is 411 Å². The number of carbonyl (C=O) groups excluding carboxylic acids is 2. The molecule has 0 aromatic rings. The van der Waals surface area contributed by atoms with Gasteiger partial charge in [-0.1, -0.05) is 241 Å². The van der Waals surface area contributed by atoms with Crippen molar-refractivity contribution in [2.45, 2.75) is 251 Å². The zero-order valence-electron chi connectivity index (χ0n) is 43.1. The lowest BCUT2D eigenvalue weighted by Gasteiger charge is -2.19. The van der Waals surface area contributed by atoms with E-state index in [4.69, 9.17) is 24.3 Å². The van der Waals surface area contributed by atoms with Crippen molar-refractivity contribution in [2.24, 2.45) is 5.73 Å². The summed E-state index contributed by atoms with van der Waals surface area (Å²) in [4.78, 5) is 34.9. The predicted molar refractivity (Wildman–Crippen MR) is 284 cm³/mol. The van der Waals surface area contributed by atoms with Gasteiger partial charge < -0.3 is 20.1 Å². The van der Waals surface area contributed by atoms with Gasteiger partial charge in [-0.3, -0.25) is 18.6 Å². The van der Waals surface area contributed by atoms with Gasteiger partial charge in [0.1, 0.15) is 6.61 Å². The average molecular weight is 960 g/mol. The molecular formula is C57H102NO8P. The van der Waals surface area contributed by atoms with Crippen LogP contribution in [0.15, 0.2) is 72.9 Å². The number of carbonyl (C=O) groups is 2. The number of esters is 2. The van der Waals surface area contributed by atoms with Crippen molar-refractivity contribution in [3.05, 3.63) is 72.9 Å². The number of unbranched alkanes of at least 4 members (excludes halogenated alkanes) is 26. The molecule has 0 saturated carbocycles. The number of hydrogen-bond acceptors (Lipinski definition) is 8. The minimum Gasteiger partial charge on any atom is -0.462 e. The molecule has 0 saturated heterocycles. The Kier molecular flexibility index (Phi) is 50.8. The van der Waals surface area contributed by atoms with Crippen LogP contribution in [-0.4, -0.2) is 49.3 Å². The normalized spacial score (nSPS) is 13.7. The largest absolute Gasteiger partial charge is 0.472 e. The number of allylic oxidation sites excluding steroid dienone is 12. The Hall–Kier alpha value is -2.55. The quantitative estimate of drug-likeness (QED) is 0.0264. The maximum absolute atomic E-state index is 12.6. The van der Waals surface area contributed by atoms with Gasteiger partial charge in [0.05, 0.1) is 13.2 Å². The molecule has 0 aliphatic rings. The molecule has 0 bridgehead atoms. The van der Waals surface area contributed by atoms with Crippen LogP contribution in [0.2, 0.25) is 0 Å². The highest BCUT2D eigenvalue weighted by molar-refractivity contribution is 7.47. The van der Waals surface area contributed by atoms with Gasteiger partial charge in [0.2, 0.25) is 0 Å². The first kappa shape index (κ1) is 64.5. The highest BCUT2D eigenvalue weighted by Crippen LogP contribution is 2.43. The minimum atomic E-state index is -4.38. The van der Waals surface area contributed by atoms with Crippen LogP contribution >= 0.6 is 7.82 Å². The van der Waals surface area contributed by atoms with E-state index >= 15 is 0 Å². The summed E-state index contributed by atoms with van der Waals surface area (Å²) >= 11 is 0. The molecule has 0 aliphatic heterocycles. The van der Waals surface area contributed by atoms with Gasteiger partial charge in [-0.05, 0) is 64.2 Å². The van der Waals surface area contributed by atoms with Crippen molar-refractivity contribution >= 4 is 19.8 Å². The van der Waals surface area contributed by atoms with Crippen LogP contribution in [0.4, 0.5) is 0 Å². The third-order valence-corrected chi connectivity index (χ3v) is 12.6. The lowest BCUT2D eigenvalue weighted by Crippen LogP contribution is -2.29. The van der Waals surface area contributed by atoms with Gasteiger partial charge in [-0.2, -0.15) is 0 Å². The fourth-order valence-corrected chi connectivity index (χ4v) is 8.35. The Morgan fingerprint density at radius 3 is 1.22 bits per heavy atom. The molecule has 0 amide bonds. The van der Waals surface area contributed by atoms with Crippen molar-refractivity contribution in [1.82, 2.24) is 0 Å². The van der Waals surface area contributed by atoms with Crippen molar-refractivity contribution in [3.63, 3.8) is 0 Å². The Morgan fingerprint density at radius 1 is 0.463 bits per heavy atom. The van der Waals surface area contributed by atoms with Crippen LogP contribution in [0.3, 0.4) is 0 Å². The molecule has 9 nitrogen and oxygen atoms in total. The molecule has 0 rings (SSSR count). The molecule has 0 spiro atoms. The number of nitrogens with two attached hydrogens (primary N) is 1. The van der Waals surface area contributed by atoms with E-state index in [1.807, 2.05) is 0 Å². The van der Waals surface area contributed by atoms with E-state index in [9.17, 15) is 19.0 Å². The van der Waals surface area contributed by atoms with Gasteiger partial charge >= 0.3 is 19.8 Å². The van der Waals surface area contributed by atoms with E-state index in [2.05, 4.69) is 86.8 Å². The van der Waals surface area contributed by atoms with Crippen LogP contribution in [0.1, 0.15) is 245 Å². The zero-order valence-corrected chi connectivity index (χ0v) is 44.0. The lowest BCUT2D eigenvalue weighted by atomic mass is 10.0. The first-order valence-corrected chi connectivity index (χ1v) is 28.9. The van der Waals surface area contributed by atoms with Crippen LogP contribution in [0, 0.1) is 0 Å². The predicted octanol–water partition coefficient (Wildman–Crippen LogP) is 17.0. The molecule has 388 valence electrons. The first-order valence-electron chi connectivity index (χ1n) is 27.4. The summed E-state index contributed by atoms with van der Waals surface area (Å²) in [6.07, 6.45) is 67.0. The van der Waals surface area contributed by atoms with Gasteiger partial charge in [0.25, 0.3) is 0 Å². The standard InChI is InChI=1S/C57H102NO8P/c1-3-5-7-9-11-13-14-15-16-17-18-19-20-21-22-23-24-25-26-27-28-29-30-31-32-33-34-35-36-37-38-39-40-42-44-46-48-50-57(60)66-55(54-65-67(61,62)64-52-51-58)53-63-56(59)49-47-45-43-41-12-10-8-6-4-2/h5,7,11,13,15-16,18-19,21-22,24-25,55H,3-4,6,8-10,12,14,17,20,23,26-54,58H2,1-2H3,(H,61,62)/b7-5-,13-11-,16-15-,19-18-,22-21-,25-24-. The van der Waals surface area contributed by atoms with E-state index in [0.717, 1.165) is 77.0 Å². The highest BCUT2D eigenvalue weighted by Gasteiger charge is 2.26. The third-order valence-electron chi connectivity index (χ3n) is 11.6. The fourth-order valence-electron chi connectivity index (χ4n) is 7.58. The average Bonchev–Trinajstić information content (AvgIpc) is 3.32. The number of hydrogen-bond donors (Lipinski definition) is 2. The molecule has 0 aromatic carbocycles. The van der Waals surface area contributed by atoms with Crippen LogP contribution < -0.4 is 5.73 Å². The maximum atomic E-state index is 12.6. The first-order chi connectivity index (χ1) is 32.8. The summed E-state index contributed by atoms with van der Waals surface area (Å²) in [6.45, 7) is 3.61. The molecule has 3 N–H and O–H groups in total. The summed E-state index contributed by atoms with van der Waals surface area (Å²) in [5.74, 6) is -0.825. The van der Waals surface area contributed by atoms with Crippen molar-refractivity contribution < 1.29 is 37.6 Å². The molecule has 2 atom stereocenters. The molecule has 2 unspecified atom stereocenters. The molecule has 0 radical (unpaired) electrons. The van der Waals surface area contributed by atoms with Gasteiger partial charge in [0.15, 0.2) is 6.10 Å². The van der Waals surface area contributed by atoms with Crippen LogP contribution in [0.5, 0.6) is 0 Å². The summed E-state index contributed by atoms with van der Waals surface area (Å²) in [5, 5.41) is 0. The highest BCUT2D eigenvalue weighted by atomic mass is 31.2. The van der Waals surface area contributed by atoms with Gasteiger partial charge in [-0.15, -0.1) is 0 Å². The number of phosphoric acid groups is 1. The third kappa shape index (κ3) is 52.7. The fraction of sp³-hybridized carbons (Fsp3) is 0.754. The van der Waals surface area contributed by atoms with Crippen LogP contribution in [0.25, 0.3) is 0 Å². The lowest BCUT2D eigenvalue weighted by molar-refractivity contribution is -0.161. The Bertz CT molecular complexity index is 1320. The second-order valence-electron chi connectivity index (χ2n) is 18.1. The second kappa shape index (κ2) is 52.8. The van der Waals surface area contributed by atoms with Crippen molar-refractivity contribution in [2.75, 3.05) is 26.4 Å². The molecule has 0 heterocycles. The van der Waals surface area contributed by atoms with Crippen molar-refractivity contribution in [3.8, 4) is 0 Å². The number of rotatable bonds is 51. The van der Waals surface area contributed by atoms with E-state index in [0.29, 0.717) is 6.42 Å². The topological polar surface area (TPSA) is 134 Å².